The Morgan fingerprint density at radius 2 is 2.10 bits per heavy atom. The largest absolute Gasteiger partial charge is 0.483 e. The van der Waals surface area contributed by atoms with Gasteiger partial charge in [0.1, 0.15) is 5.75 Å². The average molecular weight is 377 g/mol. The third kappa shape index (κ3) is 6.13. The van der Waals surface area contributed by atoms with Gasteiger partial charge in [-0.3, -0.25) is 21.0 Å². The minimum Gasteiger partial charge on any atom is -0.483 e. The van der Waals surface area contributed by atoms with Crippen molar-refractivity contribution in [2.45, 2.75) is 6.92 Å². The van der Waals surface area contributed by atoms with Gasteiger partial charge < -0.3 is 10.5 Å². The Hall–Kier alpha value is -1.45. The maximum absolute atomic E-state index is 11.6. The molecule has 1 rings (SSSR count). The highest BCUT2D eigenvalue weighted by Gasteiger charge is 2.07. The second kappa shape index (κ2) is 7.98. The maximum atomic E-state index is 11.6. The first-order valence-electron chi connectivity index (χ1n) is 5.42. The van der Waals surface area contributed by atoms with Crippen molar-refractivity contribution >= 4 is 56.5 Å². The van der Waals surface area contributed by atoms with Crippen molar-refractivity contribution in [3.05, 3.63) is 28.2 Å². The van der Waals surface area contributed by atoms with E-state index in [1.54, 1.807) is 6.07 Å². The molecule has 0 saturated heterocycles. The van der Waals surface area contributed by atoms with Crippen LogP contribution in [0.1, 0.15) is 5.56 Å². The summed E-state index contributed by atoms with van der Waals surface area (Å²) in [6, 6.07) is 5.50. The van der Waals surface area contributed by atoms with Gasteiger partial charge in [-0.25, -0.2) is 0 Å². The van der Waals surface area contributed by atoms with E-state index < -0.39 is 5.91 Å². The van der Waals surface area contributed by atoms with Crippen LogP contribution in [0.15, 0.2) is 22.7 Å². The highest BCUT2D eigenvalue weighted by atomic mass is 79.9. The summed E-state index contributed by atoms with van der Waals surface area (Å²) in [5, 5.41) is 2.48. The molecule has 0 aromatic heterocycles. The Bertz CT molecular complexity index is 539. The number of nitrogens with two attached hydrogens (primary N) is 1. The van der Waals surface area contributed by atoms with Crippen LogP contribution in [0.3, 0.4) is 0 Å². The summed E-state index contributed by atoms with van der Waals surface area (Å²) in [5.74, 6) is 0.234. The van der Waals surface area contributed by atoms with Crippen LogP contribution in [0.2, 0.25) is 0 Å². The number of carbonyl (C=O) groups excluding carboxylic acids is 1. The molecule has 9 heteroatoms. The molecule has 0 atom stereocenters. The lowest BCUT2D eigenvalue weighted by molar-refractivity contribution is -0.121. The van der Waals surface area contributed by atoms with E-state index in [2.05, 4.69) is 44.3 Å². The average Bonchev–Trinajstić information content (AvgIpc) is 2.35. The molecule has 1 aromatic rings. The molecule has 20 heavy (non-hydrogen) atoms. The molecule has 0 bridgehead atoms. The van der Waals surface area contributed by atoms with Crippen molar-refractivity contribution in [2.75, 3.05) is 6.61 Å². The molecule has 1 amide bonds. The van der Waals surface area contributed by atoms with Gasteiger partial charge >= 0.3 is 0 Å². The van der Waals surface area contributed by atoms with Crippen LogP contribution >= 0.6 is 40.4 Å². The van der Waals surface area contributed by atoms with Gasteiger partial charge in [-0.05, 0) is 55.1 Å². The number of amides is 1. The molecule has 5 N–H and O–H groups in total. The molecule has 0 fully saturated rings. The van der Waals surface area contributed by atoms with Crippen molar-refractivity contribution in [1.29, 1.82) is 0 Å². The standard InChI is InChI=1S/C11H13BrN4O2S2/c1-6-4-7(12)2-3-8(6)18-5-9(17)14-11(20)16-15-10(13)19/h2-4H,5H2,1H3,(H3,13,15,19)(H2,14,16,17,20). The predicted molar refractivity (Wildman–Crippen MR) is 88.2 cm³/mol. The van der Waals surface area contributed by atoms with Gasteiger partial charge in [0.15, 0.2) is 16.8 Å². The summed E-state index contributed by atoms with van der Waals surface area (Å²) < 4.78 is 6.33. The van der Waals surface area contributed by atoms with Crippen molar-refractivity contribution in [3.8, 4) is 5.75 Å². The van der Waals surface area contributed by atoms with Crippen LogP contribution in [0.5, 0.6) is 5.75 Å². The molecular weight excluding hydrogens is 364 g/mol. The lowest BCUT2D eigenvalue weighted by Crippen LogP contribution is -2.50. The monoisotopic (exact) mass is 376 g/mol. The van der Waals surface area contributed by atoms with Crippen LogP contribution in [-0.2, 0) is 4.79 Å². The fourth-order valence-electron chi connectivity index (χ4n) is 1.23. The van der Waals surface area contributed by atoms with E-state index in [4.69, 9.17) is 22.7 Å². The number of aryl methyl sites for hydroxylation is 1. The van der Waals surface area contributed by atoms with E-state index in [0.29, 0.717) is 5.75 Å². The SMILES string of the molecule is Cc1cc(Br)ccc1OCC(=O)NC(=S)NNC(N)=S. The molecule has 0 heterocycles. The number of hydrogen-bond acceptors (Lipinski definition) is 4. The minimum absolute atomic E-state index is 0.0170. The first kappa shape index (κ1) is 16.6. The number of hydrazine groups is 1. The summed E-state index contributed by atoms with van der Waals surface area (Å²) in [5.41, 5.74) is 11.0. The van der Waals surface area contributed by atoms with Gasteiger partial charge in [-0.2, -0.15) is 0 Å². The third-order valence-electron chi connectivity index (χ3n) is 2.05. The van der Waals surface area contributed by atoms with Gasteiger partial charge in [-0.15, -0.1) is 0 Å². The quantitative estimate of drug-likeness (QED) is 0.459. The number of hydrogen-bond donors (Lipinski definition) is 4. The topological polar surface area (TPSA) is 88.4 Å². The molecule has 0 aliphatic carbocycles. The number of ether oxygens (including phenoxy) is 1. The van der Waals surface area contributed by atoms with Crippen LogP contribution in [0.4, 0.5) is 0 Å². The smallest absolute Gasteiger partial charge is 0.264 e. The normalized spacial score (nSPS) is 9.50. The third-order valence-corrected chi connectivity index (χ3v) is 2.85. The Labute approximate surface area is 135 Å². The number of benzene rings is 1. The number of rotatable bonds is 3. The molecule has 0 aliphatic heterocycles. The zero-order valence-electron chi connectivity index (χ0n) is 10.5. The summed E-state index contributed by atoms with van der Waals surface area (Å²) in [7, 11) is 0. The highest BCUT2D eigenvalue weighted by Crippen LogP contribution is 2.21. The number of nitrogens with one attached hydrogen (secondary N) is 3. The molecule has 6 nitrogen and oxygen atoms in total. The number of halogens is 1. The molecule has 1 aromatic carbocycles. The maximum Gasteiger partial charge on any atom is 0.264 e. The zero-order valence-corrected chi connectivity index (χ0v) is 13.7. The molecule has 0 saturated carbocycles. The Morgan fingerprint density at radius 3 is 2.70 bits per heavy atom. The summed E-state index contributed by atoms with van der Waals surface area (Å²) in [4.78, 5) is 11.6. The van der Waals surface area contributed by atoms with Crippen LogP contribution in [0, 0.1) is 6.92 Å². The zero-order chi connectivity index (χ0) is 15.1. The first-order valence-corrected chi connectivity index (χ1v) is 7.03. The van der Waals surface area contributed by atoms with Gasteiger partial charge in [0.05, 0.1) is 0 Å². The van der Waals surface area contributed by atoms with Crippen LogP contribution in [-0.4, -0.2) is 22.7 Å². The van der Waals surface area contributed by atoms with Gasteiger partial charge in [-0.1, -0.05) is 15.9 Å². The highest BCUT2D eigenvalue weighted by molar-refractivity contribution is 9.10. The molecular formula is C11H13BrN4O2S2. The van der Waals surface area contributed by atoms with E-state index in [9.17, 15) is 4.79 Å². The Kier molecular flexibility index (Phi) is 6.62. The number of carbonyl (C=O) groups is 1. The van der Waals surface area contributed by atoms with Crippen LogP contribution in [0.25, 0.3) is 0 Å². The van der Waals surface area contributed by atoms with E-state index in [0.717, 1.165) is 10.0 Å². The van der Waals surface area contributed by atoms with Gasteiger partial charge in [0.2, 0.25) is 0 Å². The lowest BCUT2D eigenvalue weighted by atomic mass is 10.2. The molecule has 108 valence electrons. The summed E-state index contributed by atoms with van der Waals surface area (Å²) in [6.07, 6.45) is 0. The van der Waals surface area contributed by atoms with Crippen LogP contribution < -0.4 is 26.6 Å². The van der Waals surface area contributed by atoms with Crippen molar-refractivity contribution in [2.24, 2.45) is 5.73 Å². The Balaban J connectivity index is 2.39. The van der Waals surface area contributed by atoms with E-state index in [1.165, 1.54) is 0 Å². The first-order chi connectivity index (χ1) is 9.38. The Morgan fingerprint density at radius 1 is 1.40 bits per heavy atom. The second-order valence-corrected chi connectivity index (χ2v) is 5.45. The molecule has 0 radical (unpaired) electrons. The van der Waals surface area contributed by atoms with Crippen molar-refractivity contribution in [3.63, 3.8) is 0 Å². The lowest BCUT2D eigenvalue weighted by Gasteiger charge is -2.12. The van der Waals surface area contributed by atoms with Gasteiger partial charge in [0, 0.05) is 4.47 Å². The molecule has 0 aliphatic rings. The summed E-state index contributed by atoms with van der Waals surface area (Å²) in [6.45, 7) is 1.73. The van der Waals surface area contributed by atoms with E-state index in [-0.39, 0.29) is 16.8 Å². The fourth-order valence-corrected chi connectivity index (χ4v) is 1.92. The van der Waals surface area contributed by atoms with E-state index in [1.807, 2.05) is 19.1 Å². The van der Waals surface area contributed by atoms with Crippen molar-refractivity contribution < 1.29 is 9.53 Å². The summed E-state index contributed by atoms with van der Waals surface area (Å²) >= 11 is 12.8. The van der Waals surface area contributed by atoms with Crippen molar-refractivity contribution in [1.82, 2.24) is 16.2 Å². The fraction of sp³-hybridized carbons (Fsp3) is 0.182. The predicted octanol–water partition coefficient (Wildman–Crippen LogP) is 0.875. The van der Waals surface area contributed by atoms with Gasteiger partial charge in [0.25, 0.3) is 5.91 Å². The van der Waals surface area contributed by atoms with E-state index >= 15 is 0 Å². The molecule has 0 spiro atoms. The second-order valence-electron chi connectivity index (χ2n) is 3.69. The number of thiocarbonyl (C=S) groups is 2. The molecule has 0 unspecified atom stereocenters. The minimum atomic E-state index is -0.394.